The van der Waals surface area contributed by atoms with Crippen molar-refractivity contribution in [2.45, 2.75) is 31.3 Å². The Balaban J connectivity index is 1.55. The second-order valence-electron chi connectivity index (χ2n) is 6.41. The Morgan fingerprint density at radius 2 is 1.65 bits per heavy atom. The monoisotopic (exact) mass is 244 g/mol. The van der Waals surface area contributed by atoms with E-state index in [0.29, 0.717) is 7.92 Å². The van der Waals surface area contributed by atoms with Crippen LogP contribution in [0.1, 0.15) is 24.8 Å². The average molecular weight is 244 g/mol. The van der Waals surface area contributed by atoms with Crippen LogP contribution in [0, 0.1) is 17.8 Å². The molecule has 3 heterocycles. The molecule has 1 aromatic carbocycles. The second kappa shape index (κ2) is 4.09. The molecule has 1 heteroatoms. The summed E-state index contributed by atoms with van der Waals surface area (Å²) >= 11 is 0. The minimum Gasteiger partial charge on any atom is -0.102 e. The fourth-order valence-corrected chi connectivity index (χ4v) is 8.61. The Morgan fingerprint density at radius 1 is 0.941 bits per heavy atom. The van der Waals surface area contributed by atoms with Crippen LogP contribution in [0.25, 0.3) is 0 Å². The van der Waals surface area contributed by atoms with Crippen molar-refractivity contribution in [3.8, 4) is 0 Å². The molecule has 3 saturated heterocycles. The summed E-state index contributed by atoms with van der Waals surface area (Å²) in [4.78, 5) is 0. The highest BCUT2D eigenvalue weighted by Gasteiger charge is 2.47. The van der Waals surface area contributed by atoms with Crippen molar-refractivity contribution in [1.29, 1.82) is 0 Å². The van der Waals surface area contributed by atoms with Gasteiger partial charge in [-0.25, -0.2) is 0 Å². The molecule has 5 rings (SSSR count). The molecule has 1 aliphatic carbocycles. The molecule has 0 radical (unpaired) electrons. The molecule has 90 valence electrons. The third kappa shape index (κ3) is 1.85. The van der Waals surface area contributed by atoms with Gasteiger partial charge in [0.25, 0.3) is 0 Å². The van der Waals surface area contributed by atoms with Gasteiger partial charge in [-0.15, -0.1) is 7.92 Å². The van der Waals surface area contributed by atoms with Gasteiger partial charge in [-0.3, -0.25) is 0 Å². The Kier molecular flexibility index (Phi) is 2.54. The second-order valence-corrected chi connectivity index (χ2v) is 8.98. The van der Waals surface area contributed by atoms with Crippen LogP contribution in [0.2, 0.25) is 0 Å². The molecule has 4 bridgehead atoms. The Morgan fingerprint density at radius 3 is 2.29 bits per heavy atom. The molecule has 1 aromatic rings. The first kappa shape index (κ1) is 10.6. The van der Waals surface area contributed by atoms with Gasteiger partial charge in [-0.2, -0.15) is 0 Å². The molecule has 0 amide bonds. The van der Waals surface area contributed by atoms with E-state index in [0.717, 1.165) is 23.4 Å². The van der Waals surface area contributed by atoms with E-state index < -0.39 is 0 Å². The van der Waals surface area contributed by atoms with Crippen LogP contribution >= 0.6 is 7.92 Å². The molecule has 0 nitrogen and oxygen atoms in total. The van der Waals surface area contributed by atoms with Gasteiger partial charge in [0.05, 0.1) is 0 Å². The molecular formula is C16H21P. The van der Waals surface area contributed by atoms with E-state index in [-0.39, 0.29) is 0 Å². The summed E-state index contributed by atoms with van der Waals surface area (Å²) in [6.07, 6.45) is 9.38. The summed E-state index contributed by atoms with van der Waals surface area (Å²) in [6, 6.07) is 11.2. The molecule has 3 aliphatic heterocycles. The van der Waals surface area contributed by atoms with Gasteiger partial charge in [0.15, 0.2) is 0 Å². The van der Waals surface area contributed by atoms with Crippen molar-refractivity contribution in [2.75, 3.05) is 12.3 Å². The van der Waals surface area contributed by atoms with Crippen LogP contribution in [0.4, 0.5) is 0 Å². The topological polar surface area (TPSA) is 0 Å². The minimum absolute atomic E-state index is 0.401. The largest absolute Gasteiger partial charge is 0.102 e. The lowest BCUT2D eigenvalue weighted by molar-refractivity contribution is 0.185. The van der Waals surface area contributed by atoms with Gasteiger partial charge in [0.1, 0.15) is 0 Å². The Labute approximate surface area is 106 Å². The third-order valence-electron chi connectivity index (χ3n) is 5.23. The standard InChI is InChI=1S/C16H21P/c1-2-4-12(5-3-1)9-16-15-7-13-6-14(8-15)11-17(16)10-13/h1-5,13-16H,6-11H2. The number of benzene rings is 1. The molecule has 3 atom stereocenters. The SMILES string of the molecule is c1ccc(CC2C3CC4CC(C3)CP2C4)cc1. The number of hydrogen-bond donors (Lipinski definition) is 0. The van der Waals surface area contributed by atoms with Crippen LogP contribution in [-0.2, 0) is 6.42 Å². The number of hydrogen-bond acceptors (Lipinski definition) is 0. The zero-order valence-corrected chi connectivity index (χ0v) is 11.3. The molecule has 3 unspecified atom stereocenters. The quantitative estimate of drug-likeness (QED) is 0.686. The van der Waals surface area contributed by atoms with Crippen LogP contribution in [0.3, 0.4) is 0 Å². The summed E-state index contributed by atoms with van der Waals surface area (Å²) in [5.41, 5.74) is 2.67. The first-order valence-electron chi connectivity index (χ1n) is 7.16. The molecule has 1 saturated carbocycles. The summed E-state index contributed by atoms with van der Waals surface area (Å²) in [5.74, 6) is 3.39. The maximum Gasteiger partial charge on any atom is -0.0140 e. The molecular weight excluding hydrogens is 223 g/mol. The van der Waals surface area contributed by atoms with Crippen molar-refractivity contribution < 1.29 is 0 Å². The molecule has 17 heavy (non-hydrogen) atoms. The molecule has 0 N–H and O–H groups in total. The molecule has 0 aromatic heterocycles. The summed E-state index contributed by atoms with van der Waals surface area (Å²) in [6.45, 7) is 0. The van der Waals surface area contributed by atoms with E-state index in [9.17, 15) is 0 Å². The summed E-state index contributed by atoms with van der Waals surface area (Å²) < 4.78 is 0. The lowest BCUT2D eigenvalue weighted by atomic mass is 9.73. The van der Waals surface area contributed by atoms with Crippen LogP contribution in [-0.4, -0.2) is 18.0 Å². The zero-order chi connectivity index (χ0) is 11.2. The van der Waals surface area contributed by atoms with Crippen molar-refractivity contribution in [3.63, 3.8) is 0 Å². The fraction of sp³-hybridized carbons (Fsp3) is 0.625. The van der Waals surface area contributed by atoms with Gasteiger partial charge >= 0.3 is 0 Å². The van der Waals surface area contributed by atoms with Crippen molar-refractivity contribution in [3.05, 3.63) is 35.9 Å². The van der Waals surface area contributed by atoms with E-state index >= 15 is 0 Å². The maximum atomic E-state index is 2.33. The molecule has 4 aliphatic rings. The van der Waals surface area contributed by atoms with E-state index in [1.54, 1.807) is 37.1 Å². The predicted octanol–water partition coefficient (Wildman–Crippen LogP) is 4.14. The van der Waals surface area contributed by atoms with Crippen LogP contribution in [0.15, 0.2) is 30.3 Å². The average Bonchev–Trinajstić information content (AvgIpc) is 2.34. The fourth-order valence-electron chi connectivity index (χ4n) is 4.69. The minimum atomic E-state index is 0.401. The highest BCUT2D eigenvalue weighted by molar-refractivity contribution is 7.58. The number of rotatable bonds is 2. The van der Waals surface area contributed by atoms with E-state index in [2.05, 4.69) is 30.3 Å². The van der Waals surface area contributed by atoms with Gasteiger partial charge in [0.2, 0.25) is 0 Å². The summed E-state index contributed by atoms with van der Waals surface area (Å²) in [7, 11) is 0.401. The first-order chi connectivity index (χ1) is 8.38. The van der Waals surface area contributed by atoms with Crippen LogP contribution < -0.4 is 0 Å². The molecule has 4 fully saturated rings. The lowest BCUT2D eigenvalue weighted by Crippen LogP contribution is -2.44. The highest BCUT2D eigenvalue weighted by atomic mass is 31.1. The van der Waals surface area contributed by atoms with Crippen molar-refractivity contribution in [1.82, 2.24) is 0 Å². The summed E-state index contributed by atoms with van der Waals surface area (Å²) in [5, 5.41) is 0. The Hall–Kier alpha value is -0.350. The van der Waals surface area contributed by atoms with Crippen LogP contribution in [0.5, 0.6) is 0 Å². The van der Waals surface area contributed by atoms with E-state index in [1.807, 2.05) is 0 Å². The predicted molar refractivity (Wildman–Crippen MR) is 74.9 cm³/mol. The Bertz CT molecular complexity index is 369. The normalized spacial score (nSPS) is 42.9. The van der Waals surface area contributed by atoms with Crippen molar-refractivity contribution >= 4 is 7.92 Å². The van der Waals surface area contributed by atoms with Crippen molar-refractivity contribution in [2.24, 2.45) is 17.8 Å². The van der Waals surface area contributed by atoms with E-state index in [1.165, 1.54) is 6.42 Å². The van der Waals surface area contributed by atoms with Gasteiger partial charge < -0.3 is 0 Å². The molecule has 0 spiro atoms. The third-order valence-corrected chi connectivity index (χ3v) is 8.74. The zero-order valence-electron chi connectivity index (χ0n) is 10.4. The van der Waals surface area contributed by atoms with Gasteiger partial charge in [-0.05, 0) is 67.0 Å². The van der Waals surface area contributed by atoms with E-state index in [4.69, 9.17) is 0 Å². The van der Waals surface area contributed by atoms with Gasteiger partial charge in [0, 0.05) is 0 Å². The highest BCUT2D eigenvalue weighted by Crippen LogP contribution is 2.64. The van der Waals surface area contributed by atoms with Gasteiger partial charge in [-0.1, -0.05) is 30.3 Å². The lowest BCUT2D eigenvalue weighted by Gasteiger charge is -2.55. The smallest absolute Gasteiger partial charge is 0.0140 e. The maximum absolute atomic E-state index is 2.33. The first-order valence-corrected chi connectivity index (χ1v) is 8.94.